The van der Waals surface area contributed by atoms with E-state index in [2.05, 4.69) is 5.32 Å². The zero-order chi connectivity index (χ0) is 13.5. The summed E-state index contributed by atoms with van der Waals surface area (Å²) in [5.41, 5.74) is 1.22. The normalized spacial score (nSPS) is 10.4. The number of nitrogens with one attached hydrogen (secondary N) is 1. The Balaban J connectivity index is 2.83. The van der Waals surface area contributed by atoms with Gasteiger partial charge in [-0.2, -0.15) is 0 Å². The fourth-order valence-electron chi connectivity index (χ4n) is 1.85. The van der Waals surface area contributed by atoms with Crippen molar-refractivity contribution in [2.45, 2.75) is 33.1 Å². The van der Waals surface area contributed by atoms with Gasteiger partial charge in [0.2, 0.25) is 5.91 Å². The number of hydrogen-bond donors (Lipinski definition) is 2. The third kappa shape index (κ3) is 3.87. The van der Waals surface area contributed by atoms with Gasteiger partial charge in [-0.3, -0.25) is 9.59 Å². The second-order valence-electron chi connectivity index (χ2n) is 4.23. The molecule has 0 radical (unpaired) electrons. The quantitative estimate of drug-likeness (QED) is 0.814. The standard InChI is InChI=1S/C14H19NO3/c1-3-10(4-2)14(18)15-12-8-6-5-7-11(12)9-13(16)17/h5-8,10H,3-4,9H2,1-2H3,(H,15,18)(H,16,17). The van der Waals surface area contributed by atoms with E-state index in [-0.39, 0.29) is 18.2 Å². The molecule has 0 aliphatic heterocycles. The summed E-state index contributed by atoms with van der Waals surface area (Å²) in [7, 11) is 0. The maximum Gasteiger partial charge on any atom is 0.307 e. The van der Waals surface area contributed by atoms with Crippen molar-refractivity contribution in [3.8, 4) is 0 Å². The Morgan fingerprint density at radius 3 is 2.39 bits per heavy atom. The van der Waals surface area contributed by atoms with E-state index >= 15 is 0 Å². The van der Waals surface area contributed by atoms with E-state index in [0.29, 0.717) is 11.3 Å². The number of carboxylic acid groups (broad SMARTS) is 1. The molecule has 1 rings (SSSR count). The number of amides is 1. The molecule has 2 N–H and O–H groups in total. The maximum atomic E-state index is 12.0. The van der Waals surface area contributed by atoms with Crippen LogP contribution in [-0.2, 0) is 16.0 Å². The highest BCUT2D eigenvalue weighted by atomic mass is 16.4. The second kappa shape index (κ2) is 6.79. The Morgan fingerprint density at radius 2 is 1.83 bits per heavy atom. The minimum Gasteiger partial charge on any atom is -0.481 e. The summed E-state index contributed by atoms with van der Waals surface area (Å²) >= 11 is 0. The van der Waals surface area contributed by atoms with Gasteiger partial charge in [0, 0.05) is 11.6 Å². The van der Waals surface area contributed by atoms with Gasteiger partial charge in [-0.15, -0.1) is 0 Å². The molecule has 18 heavy (non-hydrogen) atoms. The number of carboxylic acids is 1. The Bertz CT molecular complexity index is 425. The molecule has 0 saturated carbocycles. The van der Waals surface area contributed by atoms with E-state index in [1.54, 1.807) is 24.3 Å². The predicted molar refractivity (Wildman–Crippen MR) is 70.5 cm³/mol. The summed E-state index contributed by atoms with van der Waals surface area (Å²) in [5, 5.41) is 11.6. The average Bonchev–Trinajstić information content (AvgIpc) is 2.32. The van der Waals surface area contributed by atoms with Crippen molar-refractivity contribution >= 4 is 17.6 Å². The lowest BCUT2D eigenvalue weighted by atomic mass is 10.0. The number of anilines is 1. The first kappa shape index (κ1) is 14.2. The lowest BCUT2D eigenvalue weighted by Crippen LogP contribution is -2.22. The van der Waals surface area contributed by atoms with E-state index in [9.17, 15) is 9.59 Å². The van der Waals surface area contributed by atoms with Gasteiger partial charge >= 0.3 is 5.97 Å². The number of rotatable bonds is 6. The van der Waals surface area contributed by atoms with Crippen LogP contribution in [0.25, 0.3) is 0 Å². The van der Waals surface area contributed by atoms with Crippen LogP contribution in [0.5, 0.6) is 0 Å². The molecule has 0 aliphatic carbocycles. The first-order valence-corrected chi connectivity index (χ1v) is 6.19. The van der Waals surface area contributed by atoms with Crippen molar-refractivity contribution in [2.24, 2.45) is 5.92 Å². The molecule has 98 valence electrons. The van der Waals surface area contributed by atoms with Crippen LogP contribution in [-0.4, -0.2) is 17.0 Å². The Hall–Kier alpha value is -1.84. The summed E-state index contributed by atoms with van der Waals surface area (Å²) in [6.07, 6.45) is 1.48. The molecule has 0 aliphatic rings. The molecule has 0 fully saturated rings. The lowest BCUT2D eigenvalue weighted by Gasteiger charge is -2.14. The van der Waals surface area contributed by atoms with Crippen LogP contribution in [0.1, 0.15) is 32.3 Å². The smallest absolute Gasteiger partial charge is 0.307 e. The van der Waals surface area contributed by atoms with Gasteiger partial charge in [-0.1, -0.05) is 32.0 Å². The van der Waals surface area contributed by atoms with Crippen molar-refractivity contribution in [2.75, 3.05) is 5.32 Å². The van der Waals surface area contributed by atoms with Gasteiger partial charge in [0.15, 0.2) is 0 Å². The third-order valence-electron chi connectivity index (χ3n) is 2.97. The summed E-state index contributed by atoms with van der Waals surface area (Å²) in [6, 6.07) is 7.01. The summed E-state index contributed by atoms with van der Waals surface area (Å²) in [4.78, 5) is 22.7. The van der Waals surface area contributed by atoms with Crippen molar-refractivity contribution < 1.29 is 14.7 Å². The van der Waals surface area contributed by atoms with Crippen LogP contribution in [0.15, 0.2) is 24.3 Å². The topological polar surface area (TPSA) is 66.4 Å². The van der Waals surface area contributed by atoms with Crippen LogP contribution < -0.4 is 5.32 Å². The average molecular weight is 249 g/mol. The van der Waals surface area contributed by atoms with Crippen LogP contribution in [0.3, 0.4) is 0 Å². The van der Waals surface area contributed by atoms with E-state index in [0.717, 1.165) is 12.8 Å². The van der Waals surface area contributed by atoms with Gasteiger partial charge in [-0.25, -0.2) is 0 Å². The van der Waals surface area contributed by atoms with Gasteiger partial charge in [0.1, 0.15) is 0 Å². The van der Waals surface area contributed by atoms with Crippen molar-refractivity contribution in [3.63, 3.8) is 0 Å². The highest BCUT2D eigenvalue weighted by Gasteiger charge is 2.15. The molecule has 0 aromatic heterocycles. The van der Waals surface area contributed by atoms with Gasteiger partial charge in [0.25, 0.3) is 0 Å². The van der Waals surface area contributed by atoms with Crippen LogP contribution in [0.2, 0.25) is 0 Å². The van der Waals surface area contributed by atoms with Crippen molar-refractivity contribution in [1.82, 2.24) is 0 Å². The molecular formula is C14H19NO3. The molecule has 4 heteroatoms. The molecule has 0 heterocycles. The van der Waals surface area contributed by atoms with E-state index in [1.165, 1.54) is 0 Å². The number of carbonyl (C=O) groups excluding carboxylic acids is 1. The number of carbonyl (C=O) groups is 2. The molecule has 0 unspecified atom stereocenters. The fraction of sp³-hybridized carbons (Fsp3) is 0.429. The molecule has 0 spiro atoms. The summed E-state index contributed by atoms with van der Waals surface area (Å²) in [6.45, 7) is 3.94. The zero-order valence-electron chi connectivity index (χ0n) is 10.8. The molecule has 0 atom stereocenters. The van der Waals surface area contributed by atoms with Gasteiger partial charge in [-0.05, 0) is 24.5 Å². The number of para-hydroxylation sites is 1. The molecule has 4 nitrogen and oxygen atoms in total. The fourth-order valence-corrected chi connectivity index (χ4v) is 1.85. The van der Waals surface area contributed by atoms with Crippen LogP contribution in [0, 0.1) is 5.92 Å². The molecular weight excluding hydrogens is 230 g/mol. The van der Waals surface area contributed by atoms with E-state index in [4.69, 9.17) is 5.11 Å². The van der Waals surface area contributed by atoms with Gasteiger partial charge in [0.05, 0.1) is 6.42 Å². The van der Waals surface area contributed by atoms with Crippen LogP contribution in [0.4, 0.5) is 5.69 Å². The van der Waals surface area contributed by atoms with Crippen LogP contribution >= 0.6 is 0 Å². The monoisotopic (exact) mass is 249 g/mol. The first-order valence-electron chi connectivity index (χ1n) is 6.19. The SMILES string of the molecule is CCC(CC)C(=O)Nc1ccccc1CC(=O)O. The van der Waals surface area contributed by atoms with E-state index in [1.807, 2.05) is 13.8 Å². The first-order chi connectivity index (χ1) is 8.58. The Labute approximate surface area is 107 Å². The predicted octanol–water partition coefficient (Wildman–Crippen LogP) is 2.69. The highest BCUT2D eigenvalue weighted by Crippen LogP contribution is 2.18. The number of aliphatic carboxylic acids is 1. The molecule has 1 aromatic rings. The summed E-state index contributed by atoms with van der Waals surface area (Å²) in [5.74, 6) is -0.972. The Kier molecular flexibility index (Phi) is 5.36. The zero-order valence-corrected chi connectivity index (χ0v) is 10.8. The lowest BCUT2D eigenvalue weighted by molar-refractivity contribution is -0.136. The van der Waals surface area contributed by atoms with Crippen molar-refractivity contribution in [3.05, 3.63) is 29.8 Å². The molecule has 1 aromatic carbocycles. The largest absolute Gasteiger partial charge is 0.481 e. The molecule has 0 saturated heterocycles. The summed E-state index contributed by atoms with van der Waals surface area (Å²) < 4.78 is 0. The highest BCUT2D eigenvalue weighted by molar-refractivity contribution is 5.93. The minimum absolute atomic E-state index is 0.0251. The number of hydrogen-bond acceptors (Lipinski definition) is 2. The second-order valence-corrected chi connectivity index (χ2v) is 4.23. The van der Waals surface area contributed by atoms with Crippen molar-refractivity contribution in [1.29, 1.82) is 0 Å². The third-order valence-corrected chi connectivity index (χ3v) is 2.97. The Morgan fingerprint density at radius 1 is 1.22 bits per heavy atom. The number of benzene rings is 1. The minimum atomic E-state index is -0.903. The molecule has 0 bridgehead atoms. The maximum absolute atomic E-state index is 12.0. The van der Waals surface area contributed by atoms with Gasteiger partial charge < -0.3 is 10.4 Å². The van der Waals surface area contributed by atoms with E-state index < -0.39 is 5.97 Å². The molecule has 1 amide bonds.